The number of anilines is 1. The molecule has 0 bridgehead atoms. The first-order valence-corrected chi connectivity index (χ1v) is 14.8. The zero-order valence-electron chi connectivity index (χ0n) is 25.2. The van der Waals surface area contributed by atoms with Gasteiger partial charge in [0.15, 0.2) is 0 Å². The van der Waals surface area contributed by atoms with E-state index < -0.39 is 6.04 Å². The monoisotopic (exact) mass is 585 g/mol. The summed E-state index contributed by atoms with van der Waals surface area (Å²) in [4.78, 5) is 34.6. The van der Waals surface area contributed by atoms with Crippen LogP contribution in [0.1, 0.15) is 42.4 Å². The van der Waals surface area contributed by atoms with E-state index >= 15 is 0 Å². The first-order valence-electron chi connectivity index (χ1n) is 14.8. The molecule has 1 aromatic heterocycles. The Kier molecular flexibility index (Phi) is 9.31. The van der Waals surface area contributed by atoms with Crippen LogP contribution in [0.15, 0.2) is 72.9 Å². The van der Waals surface area contributed by atoms with Crippen molar-refractivity contribution < 1.29 is 18.7 Å². The molecule has 3 N–H and O–H groups in total. The Balaban J connectivity index is 1.32. The molecular weight excluding hydrogens is 545 g/mol. The van der Waals surface area contributed by atoms with Gasteiger partial charge >= 0.3 is 6.03 Å². The summed E-state index contributed by atoms with van der Waals surface area (Å²) in [5.41, 5.74) is 4.70. The molecule has 8 nitrogen and oxygen atoms in total. The number of nitrogens with zero attached hydrogens (tertiary/aromatic N) is 2. The first kappa shape index (κ1) is 30.1. The van der Waals surface area contributed by atoms with E-state index in [0.717, 1.165) is 39.8 Å². The fraction of sp³-hybridized carbons (Fsp3) is 0.353. The van der Waals surface area contributed by atoms with Crippen LogP contribution in [0.3, 0.4) is 0 Å². The van der Waals surface area contributed by atoms with Crippen molar-refractivity contribution in [2.75, 3.05) is 32.5 Å². The van der Waals surface area contributed by atoms with E-state index in [9.17, 15) is 14.0 Å². The van der Waals surface area contributed by atoms with Gasteiger partial charge in [0.25, 0.3) is 0 Å². The minimum Gasteiger partial charge on any atom is -0.490 e. The van der Waals surface area contributed by atoms with Crippen molar-refractivity contribution in [1.29, 1.82) is 0 Å². The Hall–Kier alpha value is -4.37. The van der Waals surface area contributed by atoms with Crippen molar-refractivity contribution in [3.05, 3.63) is 95.4 Å². The molecule has 3 aromatic carbocycles. The van der Waals surface area contributed by atoms with E-state index in [4.69, 9.17) is 4.74 Å². The van der Waals surface area contributed by atoms with E-state index in [1.807, 2.05) is 70.5 Å². The third kappa shape index (κ3) is 7.35. The molecule has 1 aliphatic heterocycles. The number of likely N-dealkylation sites (tertiary alicyclic amines) is 1. The number of benzene rings is 3. The zero-order chi connectivity index (χ0) is 30.5. The average molecular weight is 586 g/mol. The normalized spacial score (nSPS) is 15.3. The summed E-state index contributed by atoms with van der Waals surface area (Å²) in [7, 11) is 4.01. The number of aryl methyl sites for hydroxylation is 1. The fourth-order valence-corrected chi connectivity index (χ4v) is 5.65. The number of piperidine rings is 1. The second kappa shape index (κ2) is 13.3. The largest absolute Gasteiger partial charge is 0.490 e. The van der Waals surface area contributed by atoms with E-state index in [1.54, 1.807) is 17.0 Å². The van der Waals surface area contributed by atoms with Crippen molar-refractivity contribution in [3.8, 4) is 5.75 Å². The summed E-state index contributed by atoms with van der Waals surface area (Å²) in [6, 6.07) is 18.9. The lowest BCUT2D eigenvalue weighted by Crippen LogP contribution is -2.53. The van der Waals surface area contributed by atoms with Crippen LogP contribution in [0.5, 0.6) is 5.75 Å². The minimum atomic E-state index is -0.822. The van der Waals surface area contributed by atoms with Crippen LogP contribution in [0.2, 0.25) is 0 Å². The molecule has 226 valence electrons. The van der Waals surface area contributed by atoms with Crippen LogP contribution < -0.4 is 15.4 Å². The second-order valence-corrected chi connectivity index (χ2v) is 11.6. The molecule has 5 rings (SSSR count). The summed E-state index contributed by atoms with van der Waals surface area (Å²) in [6.45, 7) is 5.65. The molecule has 0 saturated carbocycles. The maximum absolute atomic E-state index is 14.0. The van der Waals surface area contributed by atoms with Crippen LogP contribution in [-0.4, -0.2) is 66.1 Å². The summed E-state index contributed by atoms with van der Waals surface area (Å²) in [6.07, 6.45) is 3.12. The fourth-order valence-electron chi connectivity index (χ4n) is 5.65. The Bertz CT molecular complexity index is 1560. The van der Waals surface area contributed by atoms with Crippen LogP contribution >= 0.6 is 0 Å². The highest BCUT2D eigenvalue weighted by atomic mass is 19.1. The van der Waals surface area contributed by atoms with Crippen LogP contribution in [0, 0.1) is 12.7 Å². The third-order valence-electron chi connectivity index (χ3n) is 8.08. The van der Waals surface area contributed by atoms with Gasteiger partial charge in [0.1, 0.15) is 23.7 Å². The first-order chi connectivity index (χ1) is 20.7. The van der Waals surface area contributed by atoms with Gasteiger partial charge in [-0.25, -0.2) is 9.18 Å². The molecule has 4 aromatic rings. The second-order valence-electron chi connectivity index (χ2n) is 11.6. The molecular formula is C34H40FN5O3. The molecule has 2 atom stereocenters. The lowest BCUT2D eigenvalue weighted by atomic mass is 9.92. The number of nitrogens with one attached hydrogen (secondary N) is 3. The highest BCUT2D eigenvalue weighted by Crippen LogP contribution is 2.29. The molecule has 9 heteroatoms. The summed E-state index contributed by atoms with van der Waals surface area (Å²) < 4.78 is 19.3. The van der Waals surface area contributed by atoms with Gasteiger partial charge in [0.05, 0.1) is 0 Å². The zero-order valence-corrected chi connectivity index (χ0v) is 25.2. The SMILES string of the molecule is Cc1ccc(CN(C)C)cc1NC(=O)[C@H](NC(=O)N1CCC(Oc2ccc(F)cc2)CC1)[C@H](C)c1c[nH]c2ccccc12. The third-order valence-corrected chi connectivity index (χ3v) is 8.08. The topological polar surface area (TPSA) is 89.7 Å². The summed E-state index contributed by atoms with van der Waals surface area (Å²) in [5.74, 6) is -0.287. The molecule has 1 aliphatic rings. The molecule has 3 amide bonds. The lowest BCUT2D eigenvalue weighted by Gasteiger charge is -2.34. The van der Waals surface area contributed by atoms with Gasteiger partial charge in [-0.05, 0) is 74.1 Å². The van der Waals surface area contributed by atoms with Crippen molar-refractivity contribution in [3.63, 3.8) is 0 Å². The van der Waals surface area contributed by atoms with Crippen molar-refractivity contribution in [2.24, 2.45) is 0 Å². The number of para-hydroxylation sites is 1. The predicted molar refractivity (Wildman–Crippen MR) is 168 cm³/mol. The highest BCUT2D eigenvalue weighted by molar-refractivity contribution is 5.99. The van der Waals surface area contributed by atoms with Gasteiger partial charge < -0.3 is 30.2 Å². The molecule has 0 unspecified atom stereocenters. The van der Waals surface area contributed by atoms with Gasteiger partial charge in [0, 0.05) is 61.2 Å². The number of rotatable bonds is 9. The molecule has 1 saturated heterocycles. The molecule has 2 heterocycles. The Labute approximate surface area is 252 Å². The van der Waals surface area contributed by atoms with Crippen LogP contribution in [0.25, 0.3) is 10.9 Å². The number of ether oxygens (including phenoxy) is 1. The van der Waals surface area contributed by atoms with Crippen molar-refractivity contribution in [1.82, 2.24) is 20.1 Å². The maximum Gasteiger partial charge on any atom is 0.318 e. The number of carbonyl (C=O) groups excluding carboxylic acids is 2. The highest BCUT2D eigenvalue weighted by Gasteiger charge is 2.33. The van der Waals surface area contributed by atoms with Crippen LogP contribution in [-0.2, 0) is 11.3 Å². The number of amides is 3. The Morgan fingerprint density at radius 3 is 2.51 bits per heavy atom. The van der Waals surface area contributed by atoms with Gasteiger partial charge in [-0.15, -0.1) is 0 Å². The lowest BCUT2D eigenvalue weighted by molar-refractivity contribution is -0.118. The number of fused-ring (bicyclic) bond motifs is 1. The number of hydrogen-bond acceptors (Lipinski definition) is 4. The predicted octanol–water partition coefficient (Wildman–Crippen LogP) is 6.04. The van der Waals surface area contributed by atoms with E-state index in [-0.39, 0.29) is 29.8 Å². The van der Waals surface area contributed by atoms with E-state index in [1.165, 1.54) is 12.1 Å². The van der Waals surface area contributed by atoms with Crippen molar-refractivity contribution >= 4 is 28.5 Å². The van der Waals surface area contributed by atoms with Gasteiger partial charge in [-0.3, -0.25) is 4.79 Å². The molecule has 0 spiro atoms. The maximum atomic E-state index is 14.0. The Morgan fingerprint density at radius 1 is 1.07 bits per heavy atom. The number of urea groups is 1. The molecule has 0 aliphatic carbocycles. The summed E-state index contributed by atoms with van der Waals surface area (Å²) in [5, 5.41) is 7.20. The minimum absolute atomic E-state index is 0.0730. The number of hydrogen-bond donors (Lipinski definition) is 3. The molecule has 1 fully saturated rings. The standard InChI is InChI=1S/C34H40FN5O3/c1-22-9-10-24(21-39(3)4)19-31(22)37-33(41)32(23(2)29-20-36-30-8-6-5-7-28(29)30)38-34(42)40-17-15-27(16-18-40)43-26-13-11-25(35)12-14-26/h5-14,19-20,23,27,32,36H,15-18,21H2,1-4H3,(H,37,41)(H,38,42)/t23-,32-/m1/s1. The van der Waals surface area contributed by atoms with Crippen molar-refractivity contribution in [2.45, 2.75) is 51.3 Å². The number of aromatic nitrogens is 1. The summed E-state index contributed by atoms with van der Waals surface area (Å²) >= 11 is 0. The van der Waals surface area contributed by atoms with Gasteiger partial charge in [-0.2, -0.15) is 0 Å². The van der Waals surface area contributed by atoms with Crippen LogP contribution in [0.4, 0.5) is 14.9 Å². The average Bonchev–Trinajstić information content (AvgIpc) is 3.43. The number of H-pyrrole nitrogens is 1. The quantitative estimate of drug-likeness (QED) is 0.223. The van der Waals surface area contributed by atoms with E-state index in [2.05, 4.69) is 26.6 Å². The smallest absolute Gasteiger partial charge is 0.318 e. The Morgan fingerprint density at radius 2 is 1.79 bits per heavy atom. The van der Waals surface area contributed by atoms with Gasteiger partial charge in [0.2, 0.25) is 5.91 Å². The number of aromatic amines is 1. The molecule has 0 radical (unpaired) electrons. The van der Waals surface area contributed by atoms with Gasteiger partial charge in [-0.1, -0.05) is 37.3 Å². The number of halogens is 1. The van der Waals surface area contributed by atoms with E-state index in [0.29, 0.717) is 31.7 Å². The number of carbonyl (C=O) groups is 2. The molecule has 43 heavy (non-hydrogen) atoms.